The fourth-order valence-electron chi connectivity index (χ4n) is 2.30. The maximum atomic E-state index is 11.8. The van der Waals surface area contributed by atoms with Crippen molar-refractivity contribution >= 4 is 35.5 Å². The Labute approximate surface area is 160 Å². The van der Waals surface area contributed by atoms with Crippen LogP contribution in [0.25, 0.3) is 6.08 Å². The largest absolute Gasteiger partial charge is 0.376 e. The Kier molecular flexibility index (Phi) is 7.42. The first kappa shape index (κ1) is 19.7. The normalized spacial score (nSPS) is 11.8. The second-order valence-electron chi connectivity index (χ2n) is 6.37. The summed E-state index contributed by atoms with van der Waals surface area (Å²) in [6.45, 7) is 6.41. The Morgan fingerprint density at radius 1 is 1.19 bits per heavy atom. The Balaban J connectivity index is 1.81. The minimum Gasteiger partial charge on any atom is -0.376 e. The molecule has 1 amide bonds. The van der Waals surface area contributed by atoms with Gasteiger partial charge in [-0.05, 0) is 47.7 Å². The van der Waals surface area contributed by atoms with Crippen LogP contribution in [0, 0.1) is 0 Å². The van der Waals surface area contributed by atoms with Crippen LogP contribution in [0.2, 0.25) is 5.02 Å². The summed E-state index contributed by atoms with van der Waals surface area (Å²) in [6, 6.07) is 15.6. The van der Waals surface area contributed by atoms with Crippen LogP contribution in [-0.4, -0.2) is 18.7 Å². The summed E-state index contributed by atoms with van der Waals surface area (Å²) in [7, 11) is 0. The maximum absolute atomic E-state index is 11.8. The van der Waals surface area contributed by atoms with E-state index in [2.05, 4.69) is 54.0 Å². The number of nitrogens with one attached hydrogen (secondary N) is 2. The van der Waals surface area contributed by atoms with E-state index in [1.54, 1.807) is 18.3 Å². The molecule has 2 aromatic rings. The van der Waals surface area contributed by atoms with Crippen LogP contribution in [0.15, 0.2) is 59.2 Å². The van der Waals surface area contributed by atoms with Crippen molar-refractivity contribution in [2.24, 2.45) is 5.10 Å². The fraction of sp³-hybridized carbons (Fsp3) is 0.238. The van der Waals surface area contributed by atoms with Crippen LogP contribution < -0.4 is 10.7 Å². The molecule has 0 fully saturated rings. The van der Waals surface area contributed by atoms with Crippen LogP contribution in [0.4, 0.5) is 5.69 Å². The highest BCUT2D eigenvalue weighted by molar-refractivity contribution is 6.30. The maximum Gasteiger partial charge on any atom is 0.259 e. The third-order valence-corrected chi connectivity index (χ3v) is 3.97. The van der Waals surface area contributed by atoms with Crippen molar-refractivity contribution in [2.75, 3.05) is 11.9 Å². The van der Waals surface area contributed by atoms with E-state index in [0.717, 1.165) is 16.8 Å². The number of rotatable bonds is 7. The van der Waals surface area contributed by atoms with Crippen molar-refractivity contribution in [2.45, 2.75) is 26.7 Å². The van der Waals surface area contributed by atoms with Crippen molar-refractivity contribution in [3.05, 3.63) is 70.3 Å². The molecule has 26 heavy (non-hydrogen) atoms. The van der Waals surface area contributed by atoms with Crippen LogP contribution in [0.3, 0.4) is 0 Å². The summed E-state index contributed by atoms with van der Waals surface area (Å²) in [5.74, 6) is 0.293. The lowest BCUT2D eigenvalue weighted by atomic mass is 10.0. The predicted molar refractivity (Wildman–Crippen MR) is 111 cm³/mol. The van der Waals surface area contributed by atoms with Gasteiger partial charge in [-0.2, -0.15) is 5.10 Å². The zero-order chi connectivity index (χ0) is 18.9. The van der Waals surface area contributed by atoms with Gasteiger partial charge < -0.3 is 5.32 Å². The molecule has 0 aliphatic carbocycles. The number of carbonyl (C=O) groups excluding carboxylic acids is 1. The van der Waals surface area contributed by atoms with E-state index in [1.807, 2.05) is 25.1 Å². The summed E-state index contributed by atoms with van der Waals surface area (Å²) in [4.78, 5) is 11.8. The van der Waals surface area contributed by atoms with Crippen molar-refractivity contribution in [3.63, 3.8) is 0 Å². The highest BCUT2D eigenvalue weighted by atomic mass is 35.5. The van der Waals surface area contributed by atoms with Crippen molar-refractivity contribution in [1.82, 2.24) is 5.43 Å². The molecule has 4 nitrogen and oxygen atoms in total. The Morgan fingerprint density at radius 2 is 1.92 bits per heavy atom. The van der Waals surface area contributed by atoms with E-state index < -0.39 is 0 Å². The molecule has 0 radical (unpaired) electrons. The molecule has 0 atom stereocenters. The molecule has 0 unspecified atom stereocenters. The molecular weight excluding hydrogens is 346 g/mol. The average molecular weight is 370 g/mol. The summed E-state index contributed by atoms with van der Waals surface area (Å²) in [5, 5.41) is 7.60. The summed E-state index contributed by atoms with van der Waals surface area (Å²) >= 11 is 5.90. The third-order valence-electron chi connectivity index (χ3n) is 3.73. The summed E-state index contributed by atoms with van der Waals surface area (Å²) in [6.07, 6.45) is 3.65. The number of carbonyl (C=O) groups is 1. The Morgan fingerprint density at radius 3 is 2.58 bits per heavy atom. The van der Waals surface area contributed by atoms with Gasteiger partial charge in [0.15, 0.2) is 0 Å². The molecule has 0 bridgehead atoms. The number of hydrazone groups is 1. The lowest BCUT2D eigenvalue weighted by molar-refractivity contribution is -0.119. The second-order valence-corrected chi connectivity index (χ2v) is 6.80. The van der Waals surface area contributed by atoms with Gasteiger partial charge in [0, 0.05) is 10.7 Å². The predicted octanol–water partition coefficient (Wildman–Crippen LogP) is 5.08. The highest BCUT2D eigenvalue weighted by Gasteiger charge is 2.00. The fourth-order valence-corrected chi connectivity index (χ4v) is 2.49. The van der Waals surface area contributed by atoms with Gasteiger partial charge in [0.2, 0.25) is 0 Å². The van der Waals surface area contributed by atoms with Crippen LogP contribution in [-0.2, 0) is 4.79 Å². The van der Waals surface area contributed by atoms with E-state index in [9.17, 15) is 4.79 Å². The number of hydrogen-bond acceptors (Lipinski definition) is 3. The molecule has 0 spiro atoms. The quantitative estimate of drug-likeness (QED) is 0.528. The van der Waals surface area contributed by atoms with Gasteiger partial charge >= 0.3 is 0 Å². The number of anilines is 1. The molecule has 2 rings (SSSR count). The lowest BCUT2D eigenvalue weighted by Crippen LogP contribution is -2.25. The molecule has 0 heterocycles. The Hall–Kier alpha value is -2.59. The molecule has 2 aromatic carbocycles. The summed E-state index contributed by atoms with van der Waals surface area (Å²) in [5.41, 5.74) is 6.66. The third kappa shape index (κ3) is 6.73. The first-order valence-corrected chi connectivity index (χ1v) is 8.91. The van der Waals surface area contributed by atoms with E-state index in [-0.39, 0.29) is 12.5 Å². The van der Waals surface area contributed by atoms with E-state index in [0.29, 0.717) is 10.9 Å². The number of halogens is 1. The standard InChI is InChI=1S/C21H24ClN3O/c1-15(2)18-9-7-17(8-10-18)11-16(3)13-24-25-21(26)14-23-20-6-4-5-19(22)12-20/h4-13,15,23H,14H2,1-3H3,(H,25,26)/b16-11-,24-13-. The van der Waals surface area contributed by atoms with Crippen LogP contribution in [0.5, 0.6) is 0 Å². The smallest absolute Gasteiger partial charge is 0.259 e. The monoisotopic (exact) mass is 369 g/mol. The first-order chi connectivity index (χ1) is 12.4. The molecule has 5 heteroatoms. The number of allylic oxidation sites excluding steroid dienone is 1. The number of nitrogens with zero attached hydrogens (tertiary/aromatic N) is 1. The Bertz CT molecular complexity index is 795. The summed E-state index contributed by atoms with van der Waals surface area (Å²) < 4.78 is 0. The van der Waals surface area contributed by atoms with Crippen molar-refractivity contribution in [1.29, 1.82) is 0 Å². The van der Waals surface area contributed by atoms with Gasteiger partial charge in [-0.3, -0.25) is 4.79 Å². The molecule has 0 saturated carbocycles. The van der Waals surface area contributed by atoms with Gasteiger partial charge in [-0.25, -0.2) is 5.43 Å². The number of amides is 1. The van der Waals surface area contributed by atoms with Crippen molar-refractivity contribution in [3.8, 4) is 0 Å². The molecule has 0 aliphatic rings. The zero-order valence-electron chi connectivity index (χ0n) is 15.3. The highest BCUT2D eigenvalue weighted by Crippen LogP contribution is 2.16. The van der Waals surface area contributed by atoms with E-state index >= 15 is 0 Å². The van der Waals surface area contributed by atoms with Gasteiger partial charge in [-0.15, -0.1) is 0 Å². The molecule has 0 saturated heterocycles. The van der Waals surface area contributed by atoms with Crippen LogP contribution in [0.1, 0.15) is 37.8 Å². The molecule has 0 aromatic heterocycles. The van der Waals surface area contributed by atoms with E-state index in [1.165, 1.54) is 5.56 Å². The second kappa shape index (κ2) is 9.78. The van der Waals surface area contributed by atoms with Crippen LogP contribution >= 0.6 is 11.6 Å². The SMILES string of the molecule is CC(/C=N\NC(=O)CNc1cccc(Cl)c1)=C/c1ccc(C(C)C)cc1. The topological polar surface area (TPSA) is 53.5 Å². The first-order valence-electron chi connectivity index (χ1n) is 8.53. The number of hydrogen-bond donors (Lipinski definition) is 2. The minimum atomic E-state index is -0.227. The van der Waals surface area contributed by atoms with Gasteiger partial charge in [0.05, 0.1) is 12.8 Å². The van der Waals surface area contributed by atoms with Gasteiger partial charge in [0.25, 0.3) is 5.91 Å². The number of benzene rings is 2. The van der Waals surface area contributed by atoms with Gasteiger partial charge in [-0.1, -0.05) is 61.9 Å². The molecule has 0 aliphatic heterocycles. The zero-order valence-corrected chi connectivity index (χ0v) is 16.0. The van der Waals surface area contributed by atoms with Gasteiger partial charge in [0.1, 0.15) is 0 Å². The van der Waals surface area contributed by atoms with Crippen molar-refractivity contribution < 1.29 is 4.79 Å². The average Bonchev–Trinajstić information content (AvgIpc) is 2.60. The lowest BCUT2D eigenvalue weighted by Gasteiger charge is -2.05. The van der Waals surface area contributed by atoms with E-state index in [4.69, 9.17) is 11.6 Å². The molecular formula is C21H24ClN3O. The molecule has 2 N–H and O–H groups in total. The molecule has 136 valence electrons. The minimum absolute atomic E-state index is 0.122.